The highest BCUT2D eigenvalue weighted by Crippen LogP contribution is 2.24. The molecule has 3 rings (SSSR count). The highest BCUT2D eigenvalue weighted by Gasteiger charge is 2.25. The van der Waals surface area contributed by atoms with Gasteiger partial charge < -0.3 is 15.0 Å². The van der Waals surface area contributed by atoms with Crippen LogP contribution in [0.4, 0.5) is 4.79 Å². The molecule has 1 aliphatic heterocycles. The van der Waals surface area contributed by atoms with E-state index in [4.69, 9.17) is 4.74 Å². The van der Waals surface area contributed by atoms with E-state index in [0.717, 1.165) is 50.8 Å². The van der Waals surface area contributed by atoms with Crippen molar-refractivity contribution in [2.75, 3.05) is 13.1 Å². The first-order valence-corrected chi connectivity index (χ1v) is 9.72. The lowest BCUT2D eigenvalue weighted by Crippen LogP contribution is -2.42. The molecular formula is C21H30N2O3. The molecule has 0 saturated carbocycles. The van der Waals surface area contributed by atoms with Crippen LogP contribution in [0.2, 0.25) is 0 Å². The molecule has 1 aromatic carbocycles. The molecule has 0 bridgehead atoms. The van der Waals surface area contributed by atoms with Gasteiger partial charge in [-0.1, -0.05) is 6.07 Å². The summed E-state index contributed by atoms with van der Waals surface area (Å²) in [7, 11) is 0. The molecule has 2 aliphatic rings. The number of aryl methyl sites for hydroxylation is 1. The van der Waals surface area contributed by atoms with Crippen molar-refractivity contribution in [3.05, 3.63) is 34.9 Å². The van der Waals surface area contributed by atoms with Crippen molar-refractivity contribution in [1.82, 2.24) is 10.2 Å². The second-order valence-electron chi connectivity index (χ2n) is 8.42. The van der Waals surface area contributed by atoms with Gasteiger partial charge in [-0.05, 0) is 82.6 Å². The number of nitrogens with one attached hydrogen (secondary N) is 1. The summed E-state index contributed by atoms with van der Waals surface area (Å²) in [4.78, 5) is 26.6. The van der Waals surface area contributed by atoms with Crippen LogP contribution in [0.5, 0.6) is 0 Å². The zero-order valence-electron chi connectivity index (χ0n) is 16.1. The van der Waals surface area contributed by atoms with Gasteiger partial charge in [0.25, 0.3) is 5.91 Å². The maximum absolute atomic E-state index is 12.7. The molecule has 1 unspecified atom stereocenters. The summed E-state index contributed by atoms with van der Waals surface area (Å²) >= 11 is 0. The van der Waals surface area contributed by atoms with Gasteiger partial charge in [0.05, 0.1) is 0 Å². The molecule has 1 fully saturated rings. The summed E-state index contributed by atoms with van der Waals surface area (Å²) in [5.41, 5.74) is 2.76. The number of ether oxygens (including phenoxy) is 1. The van der Waals surface area contributed by atoms with E-state index in [1.807, 2.05) is 31.7 Å². The maximum Gasteiger partial charge on any atom is 0.407 e. The maximum atomic E-state index is 12.7. The lowest BCUT2D eigenvalue weighted by atomic mass is 9.87. The van der Waals surface area contributed by atoms with Gasteiger partial charge in [0, 0.05) is 24.7 Å². The van der Waals surface area contributed by atoms with Crippen molar-refractivity contribution in [2.24, 2.45) is 0 Å². The van der Waals surface area contributed by atoms with E-state index in [0.29, 0.717) is 0 Å². The molecule has 1 N–H and O–H groups in total. The van der Waals surface area contributed by atoms with Crippen LogP contribution in [0.3, 0.4) is 0 Å². The van der Waals surface area contributed by atoms with Crippen molar-refractivity contribution in [3.8, 4) is 0 Å². The second kappa shape index (κ2) is 7.68. The van der Waals surface area contributed by atoms with Crippen molar-refractivity contribution in [1.29, 1.82) is 0 Å². The molecule has 1 aromatic rings. The Morgan fingerprint density at radius 2 is 1.85 bits per heavy atom. The smallest absolute Gasteiger partial charge is 0.407 e. The number of nitrogens with zero attached hydrogens (tertiary/aromatic N) is 1. The SMILES string of the molecule is CC(C)(C)OC(=O)NC1CCc2cc(C(=O)N3CCCCC3)ccc2C1. The molecule has 1 saturated heterocycles. The van der Waals surface area contributed by atoms with Crippen LogP contribution in [-0.2, 0) is 17.6 Å². The standard InChI is InChI=1S/C21H30N2O3/c1-21(2,3)26-20(25)22-18-10-9-15-13-17(8-7-16(15)14-18)19(24)23-11-5-4-6-12-23/h7-8,13,18H,4-6,9-12,14H2,1-3H3,(H,22,25). The number of rotatable bonds is 2. The van der Waals surface area contributed by atoms with E-state index >= 15 is 0 Å². The van der Waals surface area contributed by atoms with Crippen LogP contribution >= 0.6 is 0 Å². The third kappa shape index (κ3) is 4.77. The summed E-state index contributed by atoms with van der Waals surface area (Å²) < 4.78 is 5.35. The molecule has 1 aliphatic carbocycles. The topological polar surface area (TPSA) is 58.6 Å². The molecule has 2 amide bonds. The van der Waals surface area contributed by atoms with Crippen LogP contribution in [0.25, 0.3) is 0 Å². The molecule has 5 nitrogen and oxygen atoms in total. The average molecular weight is 358 g/mol. The number of piperidine rings is 1. The van der Waals surface area contributed by atoms with Crippen molar-refractivity contribution in [3.63, 3.8) is 0 Å². The molecular weight excluding hydrogens is 328 g/mol. The van der Waals surface area contributed by atoms with E-state index in [9.17, 15) is 9.59 Å². The van der Waals surface area contributed by atoms with E-state index in [1.54, 1.807) is 0 Å². The molecule has 26 heavy (non-hydrogen) atoms. The number of likely N-dealkylation sites (tertiary alicyclic amines) is 1. The number of hydrogen-bond donors (Lipinski definition) is 1. The minimum absolute atomic E-state index is 0.0843. The summed E-state index contributed by atoms with van der Waals surface area (Å²) in [6, 6.07) is 6.12. The first kappa shape index (κ1) is 18.7. The third-order valence-electron chi connectivity index (χ3n) is 5.05. The zero-order chi connectivity index (χ0) is 18.7. The van der Waals surface area contributed by atoms with Gasteiger partial charge in [-0.15, -0.1) is 0 Å². The van der Waals surface area contributed by atoms with Gasteiger partial charge in [0.2, 0.25) is 0 Å². The summed E-state index contributed by atoms with van der Waals surface area (Å²) in [6.45, 7) is 7.34. The summed E-state index contributed by atoms with van der Waals surface area (Å²) in [5, 5.41) is 2.97. The monoisotopic (exact) mass is 358 g/mol. The van der Waals surface area contributed by atoms with Crippen molar-refractivity contribution >= 4 is 12.0 Å². The lowest BCUT2D eigenvalue weighted by Gasteiger charge is -2.29. The van der Waals surface area contributed by atoms with Crippen molar-refractivity contribution in [2.45, 2.75) is 70.9 Å². The molecule has 1 heterocycles. The van der Waals surface area contributed by atoms with Gasteiger partial charge in [0.1, 0.15) is 5.60 Å². The second-order valence-corrected chi connectivity index (χ2v) is 8.42. The number of amides is 2. The quantitative estimate of drug-likeness (QED) is 0.877. The fraction of sp³-hybridized carbons (Fsp3) is 0.619. The minimum Gasteiger partial charge on any atom is -0.444 e. The fourth-order valence-corrected chi connectivity index (χ4v) is 3.77. The molecule has 0 aromatic heterocycles. The predicted octanol–water partition coefficient (Wildman–Crippen LogP) is 3.69. The Balaban J connectivity index is 1.62. The van der Waals surface area contributed by atoms with E-state index < -0.39 is 5.60 Å². The molecule has 142 valence electrons. The highest BCUT2D eigenvalue weighted by atomic mass is 16.6. The third-order valence-corrected chi connectivity index (χ3v) is 5.05. The highest BCUT2D eigenvalue weighted by molar-refractivity contribution is 5.94. The largest absolute Gasteiger partial charge is 0.444 e. The van der Waals surface area contributed by atoms with Gasteiger partial charge in [-0.2, -0.15) is 0 Å². The molecule has 5 heteroatoms. The van der Waals surface area contributed by atoms with E-state index in [2.05, 4.69) is 17.4 Å². The predicted molar refractivity (Wildman–Crippen MR) is 101 cm³/mol. The Labute approximate surface area is 156 Å². The van der Waals surface area contributed by atoms with Crippen LogP contribution in [0.1, 0.15) is 67.9 Å². The first-order valence-electron chi connectivity index (χ1n) is 9.72. The van der Waals surface area contributed by atoms with Gasteiger partial charge in [-0.3, -0.25) is 4.79 Å². The Morgan fingerprint density at radius 3 is 2.54 bits per heavy atom. The van der Waals surface area contributed by atoms with Crippen molar-refractivity contribution < 1.29 is 14.3 Å². The number of hydrogen-bond acceptors (Lipinski definition) is 3. The van der Waals surface area contributed by atoms with Crippen LogP contribution < -0.4 is 5.32 Å². The lowest BCUT2D eigenvalue weighted by molar-refractivity contribution is 0.0500. The number of carbonyl (C=O) groups excluding carboxylic acids is 2. The fourth-order valence-electron chi connectivity index (χ4n) is 3.77. The van der Waals surface area contributed by atoms with Gasteiger partial charge in [0.15, 0.2) is 0 Å². The summed E-state index contributed by atoms with van der Waals surface area (Å²) in [5.74, 6) is 0.154. The minimum atomic E-state index is -0.486. The van der Waals surface area contributed by atoms with E-state index in [-0.39, 0.29) is 18.0 Å². The number of alkyl carbamates (subject to hydrolysis) is 1. The summed E-state index contributed by atoms with van der Waals surface area (Å²) in [6.07, 6.45) is 5.60. The molecule has 0 radical (unpaired) electrons. The number of fused-ring (bicyclic) bond motifs is 1. The first-order chi connectivity index (χ1) is 12.3. The van der Waals surface area contributed by atoms with Crippen LogP contribution in [0.15, 0.2) is 18.2 Å². The molecule has 1 atom stereocenters. The average Bonchev–Trinajstić information content (AvgIpc) is 2.59. The Hall–Kier alpha value is -2.04. The van der Waals surface area contributed by atoms with Gasteiger partial charge >= 0.3 is 6.09 Å². The Bertz CT molecular complexity index is 672. The van der Waals surface area contributed by atoms with Crippen LogP contribution in [0, 0.1) is 0 Å². The molecule has 0 spiro atoms. The van der Waals surface area contributed by atoms with Gasteiger partial charge in [-0.25, -0.2) is 4.79 Å². The number of carbonyl (C=O) groups is 2. The van der Waals surface area contributed by atoms with Crippen LogP contribution in [-0.4, -0.2) is 41.6 Å². The Morgan fingerprint density at radius 1 is 1.12 bits per heavy atom. The zero-order valence-corrected chi connectivity index (χ0v) is 16.1. The van der Waals surface area contributed by atoms with E-state index in [1.165, 1.54) is 17.5 Å². The normalized spacial score (nSPS) is 20.3. The number of benzene rings is 1. The Kier molecular flexibility index (Phi) is 5.54.